The van der Waals surface area contributed by atoms with Crippen LogP contribution < -0.4 is 9.46 Å². The molecule has 2 aromatic carbocycles. The highest BCUT2D eigenvalue weighted by atomic mass is 35.5. The number of nitrogens with zero attached hydrogens (tertiary/aromatic N) is 1. The summed E-state index contributed by atoms with van der Waals surface area (Å²) >= 11 is 5.76. The molecule has 24 heavy (non-hydrogen) atoms. The highest BCUT2D eigenvalue weighted by molar-refractivity contribution is 7.89. The van der Waals surface area contributed by atoms with Crippen molar-refractivity contribution >= 4 is 32.5 Å². The first-order valence-electron chi connectivity index (χ1n) is 7.28. The molecule has 0 amide bonds. The number of pyridine rings is 1. The predicted octanol–water partition coefficient (Wildman–Crippen LogP) is 3.25. The molecular formula is C17H15ClN2O3S. The molecule has 0 saturated carbocycles. The third kappa shape index (κ3) is 3.84. The second-order valence-corrected chi connectivity index (χ2v) is 7.23. The number of sulfonamides is 1. The fraction of sp³-hybridized carbons (Fsp3) is 0.118. The zero-order valence-corrected chi connectivity index (χ0v) is 14.2. The van der Waals surface area contributed by atoms with Gasteiger partial charge >= 0.3 is 0 Å². The number of aromatic nitrogens is 1. The van der Waals surface area contributed by atoms with Gasteiger partial charge in [0.2, 0.25) is 10.0 Å². The Kier molecular flexibility index (Phi) is 4.99. The van der Waals surface area contributed by atoms with Crippen LogP contribution in [0.2, 0.25) is 5.02 Å². The average Bonchev–Trinajstić information content (AvgIpc) is 2.59. The van der Waals surface area contributed by atoms with E-state index in [0.29, 0.717) is 10.8 Å². The van der Waals surface area contributed by atoms with Crippen LogP contribution in [0.4, 0.5) is 0 Å². The van der Waals surface area contributed by atoms with Crippen molar-refractivity contribution in [3.63, 3.8) is 0 Å². The lowest BCUT2D eigenvalue weighted by Crippen LogP contribution is -2.28. The van der Waals surface area contributed by atoms with E-state index < -0.39 is 10.0 Å². The van der Waals surface area contributed by atoms with Gasteiger partial charge < -0.3 is 4.74 Å². The number of nitrogens with one attached hydrogen (secondary N) is 1. The van der Waals surface area contributed by atoms with Crippen LogP contribution in [0.5, 0.6) is 5.75 Å². The van der Waals surface area contributed by atoms with Gasteiger partial charge in [-0.2, -0.15) is 0 Å². The Hall–Kier alpha value is -2.15. The molecular weight excluding hydrogens is 348 g/mol. The summed E-state index contributed by atoms with van der Waals surface area (Å²) in [6.45, 7) is 0.344. The number of hydrogen-bond acceptors (Lipinski definition) is 4. The summed E-state index contributed by atoms with van der Waals surface area (Å²) < 4.78 is 32.4. The minimum atomic E-state index is -3.58. The van der Waals surface area contributed by atoms with Crippen LogP contribution in [0.3, 0.4) is 0 Å². The van der Waals surface area contributed by atoms with Gasteiger partial charge in [-0.3, -0.25) is 4.98 Å². The fourth-order valence-electron chi connectivity index (χ4n) is 2.23. The maximum Gasteiger partial charge on any atom is 0.240 e. The molecule has 0 radical (unpaired) electrons. The largest absolute Gasteiger partial charge is 0.490 e. The van der Waals surface area contributed by atoms with Gasteiger partial charge in [0.1, 0.15) is 17.9 Å². The highest BCUT2D eigenvalue weighted by Gasteiger charge is 2.13. The first-order valence-corrected chi connectivity index (χ1v) is 9.14. The van der Waals surface area contributed by atoms with Crippen molar-refractivity contribution in [2.24, 2.45) is 0 Å². The first-order chi connectivity index (χ1) is 11.6. The van der Waals surface area contributed by atoms with Gasteiger partial charge in [0.15, 0.2) is 0 Å². The second-order valence-electron chi connectivity index (χ2n) is 5.03. The fourth-order valence-corrected chi connectivity index (χ4v) is 3.37. The maximum atomic E-state index is 12.1. The molecule has 0 fully saturated rings. The Morgan fingerprint density at radius 3 is 2.58 bits per heavy atom. The van der Waals surface area contributed by atoms with E-state index >= 15 is 0 Å². The zero-order chi connectivity index (χ0) is 17.0. The van der Waals surface area contributed by atoms with Crippen LogP contribution >= 0.6 is 11.6 Å². The van der Waals surface area contributed by atoms with E-state index in [1.54, 1.807) is 6.20 Å². The lowest BCUT2D eigenvalue weighted by atomic mass is 10.2. The summed E-state index contributed by atoms with van der Waals surface area (Å²) in [4.78, 5) is 4.45. The summed E-state index contributed by atoms with van der Waals surface area (Å²) in [5, 5.41) is 1.46. The van der Waals surface area contributed by atoms with Crippen molar-refractivity contribution in [1.29, 1.82) is 0 Å². The molecule has 0 unspecified atom stereocenters. The maximum absolute atomic E-state index is 12.1. The molecule has 0 aliphatic carbocycles. The van der Waals surface area contributed by atoms with Crippen molar-refractivity contribution < 1.29 is 13.2 Å². The summed E-state index contributed by atoms with van der Waals surface area (Å²) in [6.07, 6.45) is 1.69. The van der Waals surface area contributed by atoms with E-state index in [1.165, 1.54) is 24.3 Å². The van der Waals surface area contributed by atoms with Crippen molar-refractivity contribution in [1.82, 2.24) is 9.71 Å². The van der Waals surface area contributed by atoms with Crippen LogP contribution in [0.15, 0.2) is 65.7 Å². The number of halogens is 1. The van der Waals surface area contributed by atoms with Crippen LogP contribution in [0.1, 0.15) is 0 Å². The normalized spacial score (nSPS) is 11.5. The number of hydrogen-bond donors (Lipinski definition) is 1. The topological polar surface area (TPSA) is 68.3 Å². The van der Waals surface area contributed by atoms with E-state index in [1.807, 2.05) is 30.3 Å². The Morgan fingerprint density at radius 2 is 1.79 bits per heavy atom. The van der Waals surface area contributed by atoms with E-state index in [4.69, 9.17) is 16.3 Å². The SMILES string of the molecule is O=S(=O)(NCCOc1cccc2cccnc12)c1ccc(Cl)cc1. The molecule has 124 valence electrons. The van der Waals surface area contributed by atoms with Crippen LogP contribution in [0, 0.1) is 0 Å². The number of ether oxygens (including phenoxy) is 1. The Labute approximate surface area is 145 Å². The molecule has 3 aromatic rings. The van der Waals surface area contributed by atoms with Crippen molar-refractivity contribution in [2.45, 2.75) is 4.90 Å². The lowest BCUT2D eigenvalue weighted by molar-refractivity contribution is 0.326. The minimum Gasteiger partial charge on any atom is -0.490 e. The van der Waals surface area contributed by atoms with Crippen molar-refractivity contribution in [2.75, 3.05) is 13.2 Å². The Balaban J connectivity index is 1.61. The summed E-state index contributed by atoms with van der Waals surface area (Å²) in [6, 6.07) is 15.4. The molecule has 1 aromatic heterocycles. The van der Waals surface area contributed by atoms with E-state index in [9.17, 15) is 8.42 Å². The second kappa shape index (κ2) is 7.17. The molecule has 0 saturated heterocycles. The smallest absolute Gasteiger partial charge is 0.240 e. The lowest BCUT2D eigenvalue weighted by Gasteiger charge is -2.10. The molecule has 3 rings (SSSR count). The molecule has 0 bridgehead atoms. The standard InChI is InChI=1S/C17H15ClN2O3S/c18-14-6-8-15(9-7-14)24(21,22)20-11-12-23-16-5-1-3-13-4-2-10-19-17(13)16/h1-10,20H,11-12H2. The molecule has 0 aliphatic rings. The molecule has 7 heteroatoms. The molecule has 5 nitrogen and oxygen atoms in total. The monoisotopic (exact) mass is 362 g/mol. The average molecular weight is 363 g/mol. The summed E-state index contributed by atoms with van der Waals surface area (Å²) in [5.74, 6) is 0.624. The molecule has 1 N–H and O–H groups in total. The van der Waals surface area contributed by atoms with E-state index in [2.05, 4.69) is 9.71 Å². The summed E-state index contributed by atoms with van der Waals surface area (Å²) in [5.41, 5.74) is 0.751. The van der Waals surface area contributed by atoms with Crippen LogP contribution in [-0.4, -0.2) is 26.6 Å². The van der Waals surface area contributed by atoms with E-state index in [0.717, 1.165) is 10.9 Å². The van der Waals surface area contributed by atoms with E-state index in [-0.39, 0.29) is 18.0 Å². The molecule has 0 spiro atoms. The van der Waals surface area contributed by atoms with Crippen LogP contribution in [-0.2, 0) is 10.0 Å². The zero-order valence-electron chi connectivity index (χ0n) is 12.6. The van der Waals surface area contributed by atoms with Gasteiger partial charge in [0.05, 0.1) is 4.90 Å². The first kappa shape index (κ1) is 16.7. The number of para-hydroxylation sites is 1. The Morgan fingerprint density at radius 1 is 1.04 bits per heavy atom. The molecule has 0 atom stereocenters. The van der Waals surface area contributed by atoms with Gasteiger partial charge in [-0.1, -0.05) is 29.8 Å². The minimum absolute atomic E-state index is 0.147. The van der Waals surface area contributed by atoms with Gasteiger partial charge in [-0.25, -0.2) is 13.1 Å². The Bertz CT molecular complexity index is 938. The van der Waals surface area contributed by atoms with Gasteiger partial charge in [-0.05, 0) is 36.4 Å². The third-order valence-electron chi connectivity index (χ3n) is 3.37. The van der Waals surface area contributed by atoms with Gasteiger partial charge in [0.25, 0.3) is 0 Å². The molecule has 0 aliphatic heterocycles. The quantitative estimate of drug-likeness (QED) is 0.683. The van der Waals surface area contributed by atoms with Crippen molar-refractivity contribution in [3.05, 3.63) is 65.8 Å². The molecule has 1 heterocycles. The van der Waals surface area contributed by atoms with Crippen LogP contribution in [0.25, 0.3) is 10.9 Å². The summed E-state index contributed by atoms with van der Waals surface area (Å²) in [7, 11) is -3.58. The predicted molar refractivity (Wildman–Crippen MR) is 93.9 cm³/mol. The number of fused-ring (bicyclic) bond motifs is 1. The third-order valence-corrected chi connectivity index (χ3v) is 5.10. The number of rotatable bonds is 6. The highest BCUT2D eigenvalue weighted by Crippen LogP contribution is 2.22. The van der Waals surface area contributed by atoms with Crippen molar-refractivity contribution in [3.8, 4) is 5.75 Å². The van der Waals surface area contributed by atoms with Gasteiger partial charge in [-0.15, -0.1) is 0 Å². The van der Waals surface area contributed by atoms with Gasteiger partial charge in [0, 0.05) is 23.2 Å². The number of benzene rings is 2.